The third-order valence-electron chi connectivity index (χ3n) is 4.89. The molecule has 1 aliphatic rings. The molecule has 0 radical (unpaired) electrons. The van der Waals surface area contributed by atoms with Gasteiger partial charge >= 0.3 is 0 Å². The lowest BCUT2D eigenvalue weighted by Gasteiger charge is -2.24. The highest BCUT2D eigenvalue weighted by atomic mass is 32.1. The molecule has 0 bridgehead atoms. The van der Waals surface area contributed by atoms with Gasteiger partial charge in [0.2, 0.25) is 5.91 Å². The van der Waals surface area contributed by atoms with Gasteiger partial charge in [-0.15, -0.1) is 11.3 Å². The van der Waals surface area contributed by atoms with Crippen LogP contribution in [0.2, 0.25) is 0 Å². The van der Waals surface area contributed by atoms with E-state index in [4.69, 9.17) is 0 Å². The van der Waals surface area contributed by atoms with Crippen molar-refractivity contribution in [3.63, 3.8) is 0 Å². The zero-order valence-electron chi connectivity index (χ0n) is 14.7. The van der Waals surface area contributed by atoms with Crippen LogP contribution in [-0.4, -0.2) is 35.4 Å². The average molecular weight is 366 g/mol. The van der Waals surface area contributed by atoms with E-state index in [0.717, 1.165) is 36.3 Å². The zero-order chi connectivity index (χ0) is 17.8. The van der Waals surface area contributed by atoms with Crippen molar-refractivity contribution in [2.24, 2.45) is 0 Å². The fourth-order valence-electron chi connectivity index (χ4n) is 3.64. The second-order valence-corrected chi connectivity index (χ2v) is 7.83. The Kier molecular flexibility index (Phi) is 5.27. The number of hydrogen-bond donors (Lipinski definition) is 1. The molecule has 0 spiro atoms. The van der Waals surface area contributed by atoms with Gasteiger partial charge in [0.25, 0.3) is 0 Å². The lowest BCUT2D eigenvalue weighted by atomic mass is 10.0. The van der Waals surface area contributed by atoms with Crippen LogP contribution < -0.4 is 5.32 Å². The van der Waals surface area contributed by atoms with E-state index in [0.29, 0.717) is 19.1 Å². The summed E-state index contributed by atoms with van der Waals surface area (Å²) in [6.45, 7) is 2.10. The molecule has 26 heavy (non-hydrogen) atoms. The van der Waals surface area contributed by atoms with Crippen LogP contribution in [0.5, 0.6) is 0 Å². The zero-order valence-corrected chi connectivity index (χ0v) is 15.5. The highest BCUT2D eigenvalue weighted by molar-refractivity contribution is 7.18. The van der Waals surface area contributed by atoms with E-state index >= 15 is 0 Å². The number of hydrogen-bond acceptors (Lipinski definition) is 4. The Morgan fingerprint density at radius 1 is 1.15 bits per heavy atom. The van der Waals surface area contributed by atoms with E-state index in [2.05, 4.69) is 45.5 Å². The second kappa shape index (κ2) is 7.98. The first-order valence-corrected chi connectivity index (χ1v) is 10.0. The maximum atomic E-state index is 12.4. The minimum absolute atomic E-state index is 0.106. The van der Waals surface area contributed by atoms with Crippen LogP contribution in [0.3, 0.4) is 0 Å². The van der Waals surface area contributed by atoms with E-state index in [1.165, 1.54) is 10.3 Å². The molecule has 1 atom stereocenters. The Bertz CT molecular complexity index is 844. The summed E-state index contributed by atoms with van der Waals surface area (Å²) in [5.74, 6) is 0.106. The number of nitrogens with one attached hydrogen (secondary N) is 1. The summed E-state index contributed by atoms with van der Waals surface area (Å²) < 4.78 is 1.21. The molecule has 1 unspecified atom stereocenters. The second-order valence-electron chi connectivity index (χ2n) is 6.71. The fraction of sp³-hybridized carbons (Fsp3) is 0.333. The van der Waals surface area contributed by atoms with Crippen LogP contribution >= 0.6 is 11.3 Å². The Hall–Kier alpha value is -2.24. The van der Waals surface area contributed by atoms with Crippen LogP contribution in [0.25, 0.3) is 10.2 Å². The number of carbonyl (C=O) groups is 1. The molecule has 0 saturated carbocycles. The van der Waals surface area contributed by atoms with Crippen molar-refractivity contribution < 1.29 is 4.79 Å². The maximum absolute atomic E-state index is 12.4. The first-order valence-electron chi connectivity index (χ1n) is 9.20. The van der Waals surface area contributed by atoms with Crippen LogP contribution in [0, 0.1) is 0 Å². The number of fused-ring (bicyclic) bond motifs is 1. The van der Waals surface area contributed by atoms with Crippen molar-refractivity contribution in [1.29, 1.82) is 0 Å². The summed E-state index contributed by atoms with van der Waals surface area (Å²) in [6, 6.07) is 19.0. The summed E-state index contributed by atoms with van der Waals surface area (Å²) >= 11 is 1.71. The van der Waals surface area contributed by atoms with Crippen LogP contribution in [0.4, 0.5) is 0 Å². The van der Waals surface area contributed by atoms with Gasteiger partial charge in [-0.3, -0.25) is 9.69 Å². The van der Waals surface area contributed by atoms with Crippen molar-refractivity contribution >= 4 is 27.5 Å². The molecule has 0 aliphatic carbocycles. The number of aromatic nitrogens is 1. The summed E-state index contributed by atoms with van der Waals surface area (Å²) in [6.07, 6.45) is 3.06. The van der Waals surface area contributed by atoms with Gasteiger partial charge in [-0.05, 0) is 37.1 Å². The molecule has 1 aliphatic heterocycles. The third kappa shape index (κ3) is 3.94. The number of benzene rings is 2. The van der Waals surface area contributed by atoms with Crippen LogP contribution in [0.1, 0.15) is 29.5 Å². The molecule has 134 valence electrons. The molecular formula is C21H23N3OS. The van der Waals surface area contributed by atoms with Crippen LogP contribution in [0.15, 0.2) is 54.6 Å². The molecule has 1 N–H and O–H groups in total. The number of para-hydroxylation sites is 1. The summed E-state index contributed by atoms with van der Waals surface area (Å²) in [5.41, 5.74) is 2.36. The number of thiazole rings is 1. The molecule has 1 amide bonds. The standard InChI is InChI=1S/C21H23N3OS/c25-20(15-24-14-6-10-18(24)16-7-2-1-3-8-16)22-13-12-21-23-17-9-4-5-11-19(17)26-21/h1-5,7-9,11,18H,6,10,12-15H2,(H,22,25). The quantitative estimate of drug-likeness (QED) is 0.723. The molecule has 1 saturated heterocycles. The Balaban J connectivity index is 1.28. The molecular weight excluding hydrogens is 342 g/mol. The number of nitrogens with zero attached hydrogens (tertiary/aromatic N) is 2. The van der Waals surface area contributed by atoms with Crippen molar-refractivity contribution in [3.05, 3.63) is 65.2 Å². The van der Waals surface area contributed by atoms with E-state index < -0.39 is 0 Å². The van der Waals surface area contributed by atoms with E-state index in [-0.39, 0.29) is 5.91 Å². The van der Waals surface area contributed by atoms with Crippen molar-refractivity contribution in [3.8, 4) is 0 Å². The first kappa shape index (κ1) is 17.2. The van der Waals surface area contributed by atoms with E-state index in [1.54, 1.807) is 11.3 Å². The van der Waals surface area contributed by atoms with Gasteiger partial charge in [0.1, 0.15) is 0 Å². The largest absolute Gasteiger partial charge is 0.355 e. The molecule has 1 fully saturated rings. The normalized spacial score (nSPS) is 17.6. The average Bonchev–Trinajstić information content (AvgIpc) is 3.28. The van der Waals surface area contributed by atoms with Gasteiger partial charge in [-0.1, -0.05) is 42.5 Å². The smallest absolute Gasteiger partial charge is 0.234 e. The van der Waals surface area contributed by atoms with Crippen molar-refractivity contribution in [2.75, 3.05) is 19.6 Å². The molecule has 2 heterocycles. The minimum Gasteiger partial charge on any atom is -0.355 e. The Morgan fingerprint density at radius 2 is 1.96 bits per heavy atom. The van der Waals surface area contributed by atoms with Gasteiger partial charge in [-0.2, -0.15) is 0 Å². The molecule has 4 nitrogen and oxygen atoms in total. The predicted molar refractivity (Wildman–Crippen MR) is 106 cm³/mol. The Labute approximate surface area is 157 Å². The first-order chi connectivity index (χ1) is 12.8. The highest BCUT2D eigenvalue weighted by Gasteiger charge is 2.27. The predicted octanol–water partition coefficient (Wildman–Crippen LogP) is 3.79. The molecule has 4 rings (SSSR count). The maximum Gasteiger partial charge on any atom is 0.234 e. The topological polar surface area (TPSA) is 45.2 Å². The van der Waals surface area contributed by atoms with Gasteiger partial charge in [0.15, 0.2) is 0 Å². The lowest BCUT2D eigenvalue weighted by Crippen LogP contribution is -2.37. The Morgan fingerprint density at radius 3 is 2.81 bits per heavy atom. The highest BCUT2D eigenvalue weighted by Crippen LogP contribution is 2.31. The van der Waals surface area contributed by atoms with Crippen molar-refractivity contribution in [1.82, 2.24) is 15.2 Å². The van der Waals surface area contributed by atoms with Gasteiger partial charge in [0, 0.05) is 19.0 Å². The van der Waals surface area contributed by atoms with Gasteiger partial charge in [-0.25, -0.2) is 4.98 Å². The lowest BCUT2D eigenvalue weighted by molar-refractivity contribution is -0.122. The van der Waals surface area contributed by atoms with Gasteiger partial charge < -0.3 is 5.32 Å². The van der Waals surface area contributed by atoms with E-state index in [9.17, 15) is 4.79 Å². The third-order valence-corrected chi connectivity index (χ3v) is 5.99. The summed E-state index contributed by atoms with van der Waals surface area (Å²) in [5, 5.41) is 4.14. The van der Waals surface area contributed by atoms with Crippen LogP contribution in [-0.2, 0) is 11.2 Å². The SMILES string of the molecule is O=C(CN1CCCC1c1ccccc1)NCCc1nc2ccccc2s1. The van der Waals surface area contributed by atoms with Gasteiger partial charge in [0.05, 0.1) is 21.8 Å². The molecule has 5 heteroatoms. The monoisotopic (exact) mass is 365 g/mol. The summed E-state index contributed by atoms with van der Waals surface area (Å²) in [4.78, 5) is 19.3. The fourth-order valence-corrected chi connectivity index (χ4v) is 4.61. The number of carbonyl (C=O) groups excluding carboxylic acids is 1. The summed E-state index contributed by atoms with van der Waals surface area (Å²) in [7, 11) is 0. The number of likely N-dealkylation sites (tertiary alicyclic amines) is 1. The molecule has 3 aromatic rings. The number of rotatable bonds is 6. The number of amides is 1. The van der Waals surface area contributed by atoms with Crippen molar-refractivity contribution in [2.45, 2.75) is 25.3 Å². The minimum atomic E-state index is 0.106. The molecule has 1 aromatic heterocycles. The molecule has 2 aromatic carbocycles. The van der Waals surface area contributed by atoms with E-state index in [1.807, 2.05) is 24.3 Å².